The van der Waals surface area contributed by atoms with Crippen molar-refractivity contribution in [2.45, 2.75) is 19.8 Å². The molecular formula is C15H21BrN4O6S2. The standard InChI is InChI=1S/C15H21BrN4O6S2/c1-4-19(9-5-6-10-26-28(3,24)25)15(21)11-7-8-12-13(17-11)14(16)18-20(12)27(2,22)23/h7-8H,4-6,9-10H2,1-3H3. The van der Waals surface area contributed by atoms with Crippen molar-refractivity contribution in [1.29, 1.82) is 0 Å². The number of unbranched alkanes of at least 4 members (excludes halogenated alkanes) is 1. The predicted octanol–water partition coefficient (Wildman–Crippen LogP) is 1.22. The summed E-state index contributed by atoms with van der Waals surface area (Å²) in [7, 11) is -7.07. The first-order chi connectivity index (χ1) is 12.9. The molecular weight excluding hydrogens is 476 g/mol. The van der Waals surface area contributed by atoms with Gasteiger partial charge in [-0.25, -0.2) is 13.4 Å². The Labute approximate surface area is 172 Å². The van der Waals surface area contributed by atoms with Gasteiger partial charge in [0.15, 0.2) is 4.60 Å². The van der Waals surface area contributed by atoms with E-state index in [1.165, 1.54) is 12.1 Å². The Bertz CT molecular complexity index is 1080. The van der Waals surface area contributed by atoms with Crippen molar-refractivity contribution in [2.75, 3.05) is 32.2 Å². The Kier molecular flexibility index (Phi) is 7.17. The molecule has 2 aromatic rings. The lowest BCUT2D eigenvalue weighted by molar-refractivity contribution is 0.0754. The van der Waals surface area contributed by atoms with Gasteiger partial charge in [-0.3, -0.25) is 8.98 Å². The average molecular weight is 497 g/mol. The number of halogens is 1. The fraction of sp³-hybridized carbons (Fsp3) is 0.533. The second-order valence-electron chi connectivity index (χ2n) is 6.08. The number of pyridine rings is 1. The summed E-state index contributed by atoms with van der Waals surface area (Å²) in [5, 5.41) is 3.91. The van der Waals surface area contributed by atoms with Crippen LogP contribution in [0.3, 0.4) is 0 Å². The second kappa shape index (κ2) is 8.84. The molecule has 156 valence electrons. The third kappa shape index (κ3) is 5.72. The molecule has 0 fully saturated rings. The summed E-state index contributed by atoms with van der Waals surface area (Å²) in [5.74, 6) is -0.313. The molecule has 2 rings (SSSR count). The van der Waals surface area contributed by atoms with Crippen LogP contribution in [0.4, 0.5) is 0 Å². The maximum atomic E-state index is 12.7. The number of fused-ring (bicyclic) bond motifs is 1. The van der Waals surface area contributed by atoms with E-state index in [-0.39, 0.29) is 33.8 Å². The van der Waals surface area contributed by atoms with Gasteiger partial charge >= 0.3 is 0 Å². The zero-order chi connectivity index (χ0) is 21.1. The van der Waals surface area contributed by atoms with E-state index in [0.29, 0.717) is 25.9 Å². The van der Waals surface area contributed by atoms with E-state index in [1.807, 2.05) is 6.92 Å². The van der Waals surface area contributed by atoms with Crippen molar-refractivity contribution in [1.82, 2.24) is 19.1 Å². The van der Waals surface area contributed by atoms with E-state index in [2.05, 4.69) is 30.2 Å². The van der Waals surface area contributed by atoms with Crippen LogP contribution in [0.5, 0.6) is 0 Å². The molecule has 2 aromatic heterocycles. The maximum Gasteiger partial charge on any atom is 0.272 e. The molecule has 2 heterocycles. The molecule has 0 aliphatic carbocycles. The highest BCUT2D eigenvalue weighted by Crippen LogP contribution is 2.23. The Morgan fingerprint density at radius 2 is 1.89 bits per heavy atom. The topological polar surface area (TPSA) is 129 Å². The minimum absolute atomic E-state index is 0.0619. The van der Waals surface area contributed by atoms with Gasteiger partial charge in [0.2, 0.25) is 0 Å². The number of carbonyl (C=O) groups is 1. The summed E-state index contributed by atoms with van der Waals surface area (Å²) >= 11 is 3.18. The molecule has 0 aliphatic rings. The maximum absolute atomic E-state index is 12.7. The minimum Gasteiger partial charge on any atom is -0.338 e. The summed E-state index contributed by atoms with van der Waals surface area (Å²) in [6, 6.07) is 2.94. The third-order valence-corrected chi connectivity index (χ3v) is 5.81. The number of amides is 1. The lowest BCUT2D eigenvalue weighted by atomic mass is 10.2. The Morgan fingerprint density at radius 3 is 2.46 bits per heavy atom. The van der Waals surface area contributed by atoms with Crippen molar-refractivity contribution in [2.24, 2.45) is 0 Å². The van der Waals surface area contributed by atoms with Crippen LogP contribution in [0.15, 0.2) is 16.7 Å². The van der Waals surface area contributed by atoms with Crippen molar-refractivity contribution in [3.05, 3.63) is 22.4 Å². The fourth-order valence-electron chi connectivity index (χ4n) is 2.49. The van der Waals surface area contributed by atoms with E-state index < -0.39 is 20.1 Å². The molecule has 0 atom stereocenters. The lowest BCUT2D eigenvalue weighted by Crippen LogP contribution is -2.32. The van der Waals surface area contributed by atoms with Gasteiger partial charge in [0, 0.05) is 13.1 Å². The van der Waals surface area contributed by atoms with E-state index in [0.717, 1.165) is 16.6 Å². The third-order valence-electron chi connectivity index (χ3n) is 3.78. The Morgan fingerprint density at radius 1 is 1.21 bits per heavy atom. The molecule has 0 bridgehead atoms. The van der Waals surface area contributed by atoms with E-state index in [4.69, 9.17) is 0 Å². The summed E-state index contributed by atoms with van der Waals surface area (Å²) in [6.45, 7) is 2.73. The molecule has 0 aliphatic heterocycles. The van der Waals surface area contributed by atoms with Gasteiger partial charge in [0.25, 0.3) is 26.0 Å². The normalized spacial score (nSPS) is 12.4. The average Bonchev–Trinajstić information content (AvgIpc) is 2.93. The summed E-state index contributed by atoms with van der Waals surface area (Å²) < 4.78 is 51.2. The Hall–Kier alpha value is -1.57. The van der Waals surface area contributed by atoms with Crippen molar-refractivity contribution in [3.63, 3.8) is 0 Å². The van der Waals surface area contributed by atoms with Crippen LogP contribution >= 0.6 is 15.9 Å². The van der Waals surface area contributed by atoms with Crippen LogP contribution in [0, 0.1) is 0 Å². The van der Waals surface area contributed by atoms with Gasteiger partial charge in [-0.1, -0.05) is 0 Å². The number of rotatable bonds is 9. The van der Waals surface area contributed by atoms with Gasteiger partial charge in [0.05, 0.1) is 19.1 Å². The fourth-order valence-corrected chi connectivity index (χ4v) is 4.20. The highest BCUT2D eigenvalue weighted by molar-refractivity contribution is 9.10. The smallest absolute Gasteiger partial charge is 0.272 e. The van der Waals surface area contributed by atoms with Gasteiger partial charge in [-0.15, -0.1) is 5.10 Å². The van der Waals surface area contributed by atoms with E-state index in [1.54, 1.807) is 4.90 Å². The van der Waals surface area contributed by atoms with Crippen LogP contribution in [-0.4, -0.2) is 74.0 Å². The molecule has 28 heavy (non-hydrogen) atoms. The zero-order valence-corrected chi connectivity index (χ0v) is 18.8. The first-order valence-electron chi connectivity index (χ1n) is 8.33. The molecule has 0 unspecified atom stereocenters. The van der Waals surface area contributed by atoms with Gasteiger partial charge in [-0.2, -0.15) is 12.5 Å². The summed E-state index contributed by atoms with van der Waals surface area (Å²) in [6.07, 6.45) is 3.06. The van der Waals surface area contributed by atoms with Crippen molar-refractivity contribution in [3.8, 4) is 0 Å². The molecule has 0 aromatic carbocycles. The number of nitrogens with zero attached hydrogens (tertiary/aromatic N) is 4. The van der Waals surface area contributed by atoms with Gasteiger partial charge in [-0.05, 0) is 47.8 Å². The van der Waals surface area contributed by atoms with Gasteiger partial charge in [0.1, 0.15) is 16.7 Å². The van der Waals surface area contributed by atoms with Crippen LogP contribution in [0.25, 0.3) is 11.0 Å². The van der Waals surface area contributed by atoms with Crippen LogP contribution in [0.1, 0.15) is 30.3 Å². The largest absolute Gasteiger partial charge is 0.338 e. The molecule has 0 saturated heterocycles. The van der Waals surface area contributed by atoms with Crippen LogP contribution in [0.2, 0.25) is 0 Å². The monoisotopic (exact) mass is 496 g/mol. The van der Waals surface area contributed by atoms with Crippen molar-refractivity contribution >= 4 is 53.0 Å². The first kappa shape index (κ1) is 22.7. The zero-order valence-electron chi connectivity index (χ0n) is 15.6. The number of carbonyl (C=O) groups excluding carboxylic acids is 1. The van der Waals surface area contributed by atoms with Crippen LogP contribution < -0.4 is 0 Å². The SMILES string of the molecule is CCN(CCCCOS(C)(=O)=O)C(=O)c1ccc2c(n1)c(Br)nn2S(C)(=O)=O. The summed E-state index contributed by atoms with van der Waals surface area (Å²) in [5.41, 5.74) is 0.705. The summed E-state index contributed by atoms with van der Waals surface area (Å²) in [4.78, 5) is 18.6. The highest BCUT2D eigenvalue weighted by atomic mass is 79.9. The minimum atomic E-state index is -3.61. The number of hydrogen-bond acceptors (Lipinski definition) is 8. The molecule has 10 nitrogen and oxygen atoms in total. The molecule has 0 saturated carbocycles. The Balaban J connectivity index is 2.13. The molecule has 0 N–H and O–H groups in total. The first-order valence-corrected chi connectivity index (χ1v) is 12.8. The van der Waals surface area contributed by atoms with Crippen molar-refractivity contribution < 1.29 is 25.8 Å². The molecule has 0 spiro atoms. The second-order valence-corrected chi connectivity index (χ2v) is 10.3. The quantitative estimate of drug-likeness (QED) is 0.374. The molecule has 1 amide bonds. The molecule has 13 heteroatoms. The predicted molar refractivity (Wildman–Crippen MR) is 107 cm³/mol. The van der Waals surface area contributed by atoms with Crippen LogP contribution in [-0.2, 0) is 24.3 Å². The number of hydrogen-bond donors (Lipinski definition) is 0. The van der Waals surface area contributed by atoms with E-state index >= 15 is 0 Å². The number of aromatic nitrogens is 3. The van der Waals surface area contributed by atoms with Gasteiger partial charge < -0.3 is 4.90 Å². The van der Waals surface area contributed by atoms with E-state index in [9.17, 15) is 21.6 Å². The highest BCUT2D eigenvalue weighted by Gasteiger charge is 2.21. The molecule has 0 radical (unpaired) electrons. The lowest BCUT2D eigenvalue weighted by Gasteiger charge is -2.20.